The van der Waals surface area contributed by atoms with Gasteiger partial charge in [0.1, 0.15) is 10.4 Å². The van der Waals surface area contributed by atoms with E-state index < -0.39 is 22.9 Å². The van der Waals surface area contributed by atoms with Crippen molar-refractivity contribution in [1.82, 2.24) is 20.0 Å². The Kier molecular flexibility index (Phi) is 5.88. The summed E-state index contributed by atoms with van der Waals surface area (Å²) in [6, 6.07) is -0.789. The van der Waals surface area contributed by atoms with Crippen molar-refractivity contribution < 1.29 is 24.6 Å². The molecule has 32 heavy (non-hydrogen) atoms. The van der Waals surface area contributed by atoms with Gasteiger partial charge >= 0.3 is 5.97 Å². The number of fused-ring (bicyclic) bond motifs is 1. The molecule has 5 unspecified atom stereocenters. The Labute approximate surface area is 190 Å². The van der Waals surface area contributed by atoms with Gasteiger partial charge in [-0.05, 0) is 25.3 Å². The number of carbonyl (C=O) groups is 3. The van der Waals surface area contributed by atoms with Crippen LogP contribution in [0.1, 0.15) is 20.3 Å². The van der Waals surface area contributed by atoms with Crippen molar-refractivity contribution in [1.29, 1.82) is 5.41 Å². The summed E-state index contributed by atoms with van der Waals surface area (Å²) in [5, 5.41) is 30.8. The Morgan fingerprint density at radius 2 is 1.94 bits per heavy atom. The molecule has 0 bridgehead atoms. The first kappa shape index (κ1) is 22.9. The molecule has 0 aliphatic carbocycles. The van der Waals surface area contributed by atoms with Gasteiger partial charge in [0.25, 0.3) is 0 Å². The summed E-state index contributed by atoms with van der Waals surface area (Å²) in [7, 11) is 0. The monoisotopic (exact) mass is 466 g/mol. The third-order valence-corrected chi connectivity index (χ3v) is 8.81. The molecule has 0 aromatic carbocycles. The molecule has 0 saturated carbocycles. The molecule has 2 amide bonds. The van der Waals surface area contributed by atoms with Crippen LogP contribution < -0.4 is 11.1 Å². The summed E-state index contributed by atoms with van der Waals surface area (Å²) < 4.78 is -1.12. The number of carbonyl (C=O) groups excluding carboxylic acids is 2. The fourth-order valence-corrected chi connectivity index (χ4v) is 7.21. The summed E-state index contributed by atoms with van der Waals surface area (Å²) in [4.78, 5) is 42.4. The van der Waals surface area contributed by atoms with Crippen LogP contribution in [0, 0.1) is 11.3 Å². The van der Waals surface area contributed by atoms with Crippen LogP contribution >= 0.6 is 11.8 Å². The third kappa shape index (κ3) is 3.44. The minimum atomic E-state index is -1.14. The topological polar surface area (TPSA) is 163 Å². The number of hydrogen-bond donors (Lipinski definition) is 5. The minimum Gasteiger partial charge on any atom is -0.477 e. The first-order valence-corrected chi connectivity index (χ1v) is 11.7. The zero-order chi connectivity index (χ0) is 23.4. The lowest BCUT2D eigenvalue weighted by Gasteiger charge is -2.56. The summed E-state index contributed by atoms with van der Waals surface area (Å²) >= 11 is 1.37. The molecule has 4 heterocycles. The normalized spacial score (nSPS) is 35.3. The first-order chi connectivity index (χ1) is 15.1. The van der Waals surface area contributed by atoms with Crippen LogP contribution in [0.4, 0.5) is 0 Å². The molecule has 0 aromatic heterocycles. The standard InChI is InChI=1S/C20H30N6O5S/c1-10-7-14(17(29)30)26-15(10)20(11(2)27,18(26)31)32-12-8-13(23-9-12)16(28)24-3-5-25(6-4-24)19(21)22/h7,10-13,15,23,27H,3-6,8-9H2,1-2H3,(H3,21,22)(H,29,30)/t10?,11?,12?,13?,15-,20?/m0/s1. The van der Waals surface area contributed by atoms with Crippen molar-refractivity contribution in [2.24, 2.45) is 11.7 Å². The summed E-state index contributed by atoms with van der Waals surface area (Å²) in [6.07, 6.45) is 1.15. The van der Waals surface area contributed by atoms with Gasteiger partial charge in [0, 0.05) is 38.0 Å². The van der Waals surface area contributed by atoms with E-state index in [0.29, 0.717) is 39.1 Å². The number of β-lactam (4-membered cyclic amide) rings is 1. The molecule has 176 valence electrons. The highest BCUT2D eigenvalue weighted by molar-refractivity contribution is 8.02. The number of piperazine rings is 1. The number of thioether (sulfide) groups is 1. The average molecular weight is 467 g/mol. The van der Waals surface area contributed by atoms with Crippen LogP contribution in [0.5, 0.6) is 0 Å². The van der Waals surface area contributed by atoms with E-state index in [-0.39, 0.29) is 40.7 Å². The molecule has 0 spiro atoms. The van der Waals surface area contributed by atoms with E-state index in [0.717, 1.165) is 0 Å². The number of nitrogens with two attached hydrogens (primary N) is 1. The molecule has 12 heteroatoms. The maximum absolute atomic E-state index is 13.1. The second kappa shape index (κ2) is 8.23. The molecule has 6 N–H and O–H groups in total. The summed E-state index contributed by atoms with van der Waals surface area (Å²) in [5.41, 5.74) is 5.50. The van der Waals surface area contributed by atoms with Crippen molar-refractivity contribution >= 4 is 35.5 Å². The largest absolute Gasteiger partial charge is 0.477 e. The van der Waals surface area contributed by atoms with Gasteiger partial charge in [0.2, 0.25) is 11.8 Å². The van der Waals surface area contributed by atoms with Gasteiger partial charge in [-0.25, -0.2) is 4.79 Å². The van der Waals surface area contributed by atoms with Crippen LogP contribution in [0.15, 0.2) is 11.8 Å². The molecule has 11 nitrogen and oxygen atoms in total. The van der Waals surface area contributed by atoms with Crippen LogP contribution in [0.3, 0.4) is 0 Å². The minimum absolute atomic E-state index is 0.00646. The lowest BCUT2D eigenvalue weighted by molar-refractivity contribution is -0.158. The van der Waals surface area contributed by atoms with E-state index in [1.807, 2.05) is 6.92 Å². The Bertz CT molecular complexity index is 873. The van der Waals surface area contributed by atoms with Crippen LogP contribution in [-0.2, 0) is 14.4 Å². The number of guanidine groups is 1. The third-order valence-electron chi connectivity index (χ3n) is 6.97. The van der Waals surface area contributed by atoms with E-state index in [9.17, 15) is 24.6 Å². The maximum atomic E-state index is 13.1. The van der Waals surface area contributed by atoms with Gasteiger partial charge in [0.15, 0.2) is 5.96 Å². The quantitative estimate of drug-likeness (QED) is 0.183. The number of hydrogen-bond acceptors (Lipinski definition) is 7. The van der Waals surface area contributed by atoms with E-state index in [4.69, 9.17) is 11.1 Å². The van der Waals surface area contributed by atoms with E-state index in [1.54, 1.807) is 22.8 Å². The Balaban J connectivity index is 1.40. The molecule has 0 radical (unpaired) electrons. The Morgan fingerprint density at radius 3 is 2.50 bits per heavy atom. The zero-order valence-electron chi connectivity index (χ0n) is 18.2. The van der Waals surface area contributed by atoms with Gasteiger partial charge in [-0.15, -0.1) is 11.8 Å². The van der Waals surface area contributed by atoms with Crippen molar-refractivity contribution in [2.75, 3.05) is 32.7 Å². The zero-order valence-corrected chi connectivity index (χ0v) is 19.0. The smallest absolute Gasteiger partial charge is 0.352 e. The predicted octanol–water partition coefficient (Wildman–Crippen LogP) is -1.56. The highest BCUT2D eigenvalue weighted by Crippen LogP contribution is 2.55. The Morgan fingerprint density at radius 1 is 1.31 bits per heavy atom. The second-order valence-corrected chi connectivity index (χ2v) is 10.5. The number of aliphatic carboxylic acids is 1. The SMILES string of the molecule is CC1C=C(C(=O)O)N2C(=O)C(SC3CNC(C(=O)N4CCN(C(=N)N)CC4)C3)(C(C)O)[C@H]12. The van der Waals surface area contributed by atoms with Gasteiger partial charge < -0.3 is 31.1 Å². The number of amides is 2. The van der Waals surface area contributed by atoms with E-state index >= 15 is 0 Å². The maximum Gasteiger partial charge on any atom is 0.352 e. The molecule has 0 aromatic rings. The van der Waals surface area contributed by atoms with Crippen molar-refractivity contribution in [3.05, 3.63) is 11.8 Å². The van der Waals surface area contributed by atoms with Crippen LogP contribution in [0.2, 0.25) is 0 Å². The number of rotatable bonds is 5. The van der Waals surface area contributed by atoms with Crippen molar-refractivity contribution in [3.8, 4) is 0 Å². The number of aliphatic hydroxyl groups is 1. The van der Waals surface area contributed by atoms with Crippen LogP contribution in [-0.4, -0.2) is 110 Å². The predicted molar refractivity (Wildman–Crippen MR) is 118 cm³/mol. The molecular formula is C20H30N6O5S. The highest BCUT2D eigenvalue weighted by atomic mass is 32.2. The highest BCUT2D eigenvalue weighted by Gasteiger charge is 2.69. The van der Waals surface area contributed by atoms with Crippen molar-refractivity contribution in [3.63, 3.8) is 0 Å². The van der Waals surface area contributed by atoms with Gasteiger partial charge in [0.05, 0.1) is 18.2 Å². The van der Waals surface area contributed by atoms with Crippen LogP contribution in [0.25, 0.3) is 0 Å². The molecule has 4 rings (SSSR count). The molecule has 3 fully saturated rings. The molecule has 3 saturated heterocycles. The van der Waals surface area contributed by atoms with E-state index in [1.165, 1.54) is 16.7 Å². The first-order valence-electron chi connectivity index (χ1n) is 10.8. The van der Waals surface area contributed by atoms with Gasteiger partial charge in [-0.2, -0.15) is 0 Å². The lowest BCUT2D eigenvalue weighted by atomic mass is 9.78. The Hall–Kier alpha value is -2.31. The molecule has 4 aliphatic rings. The molecule has 4 aliphatic heterocycles. The number of carboxylic acid groups (broad SMARTS) is 1. The van der Waals surface area contributed by atoms with E-state index in [2.05, 4.69) is 5.32 Å². The number of aliphatic hydroxyl groups excluding tert-OH is 1. The fourth-order valence-electron chi connectivity index (χ4n) is 5.34. The molecular weight excluding hydrogens is 436 g/mol. The van der Waals surface area contributed by atoms with Gasteiger partial charge in [-0.1, -0.05) is 6.92 Å². The molecule has 6 atom stereocenters. The van der Waals surface area contributed by atoms with Gasteiger partial charge in [-0.3, -0.25) is 19.9 Å². The second-order valence-electron chi connectivity index (χ2n) is 8.94. The fraction of sp³-hybridized carbons (Fsp3) is 0.700. The number of nitrogens with one attached hydrogen (secondary N) is 2. The van der Waals surface area contributed by atoms with Crippen molar-refractivity contribution in [2.45, 2.75) is 48.5 Å². The lowest BCUT2D eigenvalue weighted by Crippen LogP contribution is -2.76. The summed E-state index contributed by atoms with van der Waals surface area (Å²) in [5.74, 6) is -1.71. The number of nitrogens with zero attached hydrogens (tertiary/aromatic N) is 3. The summed E-state index contributed by atoms with van der Waals surface area (Å²) in [6.45, 7) is 6.02. The average Bonchev–Trinajstić information content (AvgIpc) is 3.34. The number of carboxylic acids is 1.